The molecule has 0 saturated carbocycles. The highest BCUT2D eigenvalue weighted by atomic mass is 32.1. The molecule has 0 radical (unpaired) electrons. The maximum absolute atomic E-state index is 13.0. The first-order valence-electron chi connectivity index (χ1n) is 11.6. The van der Waals surface area contributed by atoms with E-state index in [4.69, 9.17) is 19.2 Å². The molecule has 4 aromatic rings. The van der Waals surface area contributed by atoms with Crippen LogP contribution in [-0.2, 0) is 24.1 Å². The van der Waals surface area contributed by atoms with Crippen molar-refractivity contribution in [1.29, 1.82) is 0 Å². The second-order valence-corrected chi connectivity index (χ2v) is 9.53. The molecule has 3 heterocycles. The fraction of sp³-hybridized carbons (Fsp3) is 0.320. The molecule has 9 nitrogen and oxygen atoms in total. The smallest absolute Gasteiger partial charge is 0.439 e. The van der Waals surface area contributed by atoms with E-state index in [1.807, 2.05) is 0 Å². The van der Waals surface area contributed by atoms with Gasteiger partial charge in [0.05, 0.1) is 42.0 Å². The molecule has 0 spiro atoms. The number of thiazole rings is 1. The largest absolute Gasteiger partial charge is 0.496 e. The van der Waals surface area contributed by atoms with Gasteiger partial charge in [-0.1, -0.05) is 17.3 Å². The maximum Gasteiger partial charge on any atom is 0.439 e. The Bertz CT molecular complexity index is 1440. The minimum absolute atomic E-state index is 0.196. The Balaban J connectivity index is 1.38. The van der Waals surface area contributed by atoms with E-state index in [0.717, 1.165) is 35.8 Å². The van der Waals surface area contributed by atoms with Crippen LogP contribution in [0.3, 0.4) is 0 Å². The molecule has 1 saturated heterocycles. The quantitative estimate of drug-likeness (QED) is 0.341. The highest BCUT2D eigenvalue weighted by Crippen LogP contribution is 2.35. The van der Waals surface area contributed by atoms with Crippen molar-refractivity contribution in [3.05, 3.63) is 69.1 Å². The van der Waals surface area contributed by atoms with Crippen molar-refractivity contribution in [2.75, 3.05) is 33.4 Å². The number of methoxy groups -OCH3 is 1. The van der Waals surface area contributed by atoms with E-state index in [0.29, 0.717) is 47.4 Å². The van der Waals surface area contributed by atoms with Crippen LogP contribution in [0.1, 0.15) is 16.1 Å². The number of rotatable bonds is 8. The molecule has 5 rings (SSSR count). The number of alkyl halides is 3. The van der Waals surface area contributed by atoms with Crippen molar-refractivity contribution in [2.24, 2.45) is 0 Å². The lowest BCUT2D eigenvalue weighted by atomic mass is 10.1. The van der Waals surface area contributed by atoms with Gasteiger partial charge >= 0.3 is 11.9 Å². The summed E-state index contributed by atoms with van der Waals surface area (Å²) >= 11 is 1.38. The summed E-state index contributed by atoms with van der Waals surface area (Å²) in [7, 11) is 1.49. The molecule has 2 aromatic heterocycles. The van der Waals surface area contributed by atoms with Crippen molar-refractivity contribution < 1.29 is 31.9 Å². The molecule has 1 fully saturated rings. The Morgan fingerprint density at radius 3 is 2.55 bits per heavy atom. The monoisotopic (exact) mass is 548 g/mol. The molecule has 0 atom stereocenters. The molecule has 0 aliphatic carbocycles. The fourth-order valence-electron chi connectivity index (χ4n) is 3.97. The van der Waals surface area contributed by atoms with Crippen LogP contribution in [0.15, 0.2) is 51.8 Å². The lowest BCUT2D eigenvalue weighted by Gasteiger charge is -2.26. The number of H-pyrrole nitrogens is 1. The maximum atomic E-state index is 13.0. The third kappa shape index (κ3) is 5.90. The molecule has 2 aromatic carbocycles. The zero-order chi connectivity index (χ0) is 26.7. The zero-order valence-electron chi connectivity index (χ0n) is 20.2. The van der Waals surface area contributed by atoms with Crippen LogP contribution in [-0.4, -0.2) is 53.4 Å². The Hall–Kier alpha value is -3.68. The van der Waals surface area contributed by atoms with Gasteiger partial charge in [-0.3, -0.25) is 14.4 Å². The minimum atomic E-state index is -4.40. The number of halogens is 3. The average Bonchev–Trinajstić information content (AvgIpc) is 3.53. The van der Waals surface area contributed by atoms with Crippen LogP contribution in [0.25, 0.3) is 22.0 Å². The Morgan fingerprint density at radius 1 is 1.13 bits per heavy atom. The Labute approximate surface area is 218 Å². The molecule has 0 bridgehead atoms. The molecular formula is C25H23F3N4O5S. The number of ether oxygens (including phenoxy) is 3. The van der Waals surface area contributed by atoms with Gasteiger partial charge < -0.3 is 14.2 Å². The number of morpholine rings is 1. The van der Waals surface area contributed by atoms with Crippen molar-refractivity contribution in [3.63, 3.8) is 0 Å². The van der Waals surface area contributed by atoms with Gasteiger partial charge in [-0.25, -0.2) is 9.78 Å². The average molecular weight is 549 g/mol. The van der Waals surface area contributed by atoms with E-state index < -0.39 is 17.5 Å². The van der Waals surface area contributed by atoms with E-state index >= 15 is 0 Å². The first kappa shape index (κ1) is 25.9. The van der Waals surface area contributed by atoms with Gasteiger partial charge in [0, 0.05) is 31.3 Å². The molecule has 200 valence electrons. The van der Waals surface area contributed by atoms with Gasteiger partial charge in [0.15, 0.2) is 5.82 Å². The molecule has 1 aliphatic heterocycles. The van der Waals surface area contributed by atoms with Crippen LogP contribution in [0.2, 0.25) is 0 Å². The van der Waals surface area contributed by atoms with Crippen LogP contribution < -0.4 is 15.2 Å². The summed E-state index contributed by atoms with van der Waals surface area (Å²) in [4.78, 5) is 21.6. The Morgan fingerprint density at radius 2 is 1.89 bits per heavy atom. The molecule has 13 heteroatoms. The summed E-state index contributed by atoms with van der Waals surface area (Å²) in [6, 6.07) is 10.1. The highest BCUT2D eigenvalue weighted by molar-refractivity contribution is 7.15. The zero-order valence-corrected chi connectivity index (χ0v) is 21.0. The first-order valence-corrected chi connectivity index (χ1v) is 12.5. The number of aromatic nitrogens is 3. The first-order chi connectivity index (χ1) is 18.3. The van der Waals surface area contributed by atoms with Crippen LogP contribution >= 0.6 is 11.3 Å². The van der Waals surface area contributed by atoms with E-state index in [1.165, 1.54) is 30.6 Å². The van der Waals surface area contributed by atoms with E-state index in [2.05, 4.69) is 19.6 Å². The fourth-order valence-corrected chi connectivity index (χ4v) is 4.96. The van der Waals surface area contributed by atoms with Gasteiger partial charge in [0.1, 0.15) is 23.1 Å². The second kappa shape index (κ2) is 11.0. The van der Waals surface area contributed by atoms with Gasteiger partial charge in [-0.2, -0.15) is 13.2 Å². The lowest BCUT2D eigenvalue weighted by molar-refractivity contribution is -0.137. The van der Waals surface area contributed by atoms with Gasteiger partial charge in [-0.05, 0) is 24.3 Å². The number of nitrogens with one attached hydrogen (secondary N) is 1. The van der Waals surface area contributed by atoms with Crippen molar-refractivity contribution in [3.8, 4) is 33.5 Å². The van der Waals surface area contributed by atoms with E-state index in [-0.39, 0.29) is 12.4 Å². The minimum Gasteiger partial charge on any atom is -0.496 e. The number of hydrogen-bond acceptors (Lipinski definition) is 9. The summed E-state index contributed by atoms with van der Waals surface area (Å²) < 4.78 is 60.5. The van der Waals surface area contributed by atoms with Crippen LogP contribution in [0.4, 0.5) is 13.2 Å². The van der Waals surface area contributed by atoms with Crippen molar-refractivity contribution in [2.45, 2.75) is 19.3 Å². The summed E-state index contributed by atoms with van der Waals surface area (Å²) in [5, 5.41) is 4.30. The molecule has 0 amide bonds. The number of aromatic amines is 1. The molecule has 1 N–H and O–H groups in total. The molecule has 38 heavy (non-hydrogen) atoms. The lowest BCUT2D eigenvalue weighted by Crippen LogP contribution is -2.36. The summed E-state index contributed by atoms with van der Waals surface area (Å²) in [5.74, 6) is 0.493. The van der Waals surface area contributed by atoms with E-state index in [9.17, 15) is 18.0 Å². The number of hydrogen-bond donors (Lipinski definition) is 1. The predicted octanol–water partition coefficient (Wildman–Crippen LogP) is 4.59. The van der Waals surface area contributed by atoms with Crippen LogP contribution in [0.5, 0.6) is 11.5 Å². The SMILES string of the molecule is COc1cc(OCc2sc(-c3ccc(C(F)(F)F)cc3)nc2CN2CCOCC2)ccc1-c1noc(=O)[nH]1. The van der Waals surface area contributed by atoms with E-state index in [1.54, 1.807) is 18.2 Å². The number of benzene rings is 2. The van der Waals surface area contributed by atoms with Gasteiger partial charge in [0.25, 0.3) is 0 Å². The van der Waals surface area contributed by atoms with Gasteiger partial charge in [0.2, 0.25) is 0 Å². The second-order valence-electron chi connectivity index (χ2n) is 8.45. The topological polar surface area (TPSA) is 103 Å². The normalized spacial score (nSPS) is 14.5. The van der Waals surface area contributed by atoms with Gasteiger partial charge in [-0.15, -0.1) is 11.3 Å². The number of nitrogens with zero attached hydrogens (tertiary/aromatic N) is 3. The molecule has 1 aliphatic rings. The molecular weight excluding hydrogens is 525 g/mol. The van der Waals surface area contributed by atoms with Crippen LogP contribution in [0, 0.1) is 0 Å². The van der Waals surface area contributed by atoms with Crippen molar-refractivity contribution >= 4 is 11.3 Å². The van der Waals surface area contributed by atoms with Crippen molar-refractivity contribution in [1.82, 2.24) is 20.0 Å². The third-order valence-electron chi connectivity index (χ3n) is 5.95. The Kier molecular flexibility index (Phi) is 7.49. The standard InChI is InChI=1S/C25H23F3N4O5S/c1-34-20-12-17(6-7-18(20)22-30-24(33)37-31-22)36-14-21-19(13-32-8-10-35-11-9-32)29-23(38-21)15-2-4-16(5-3-15)25(26,27)28/h2-7,12H,8-11,13-14H2,1H3,(H,30,31,33). The third-order valence-corrected chi connectivity index (χ3v) is 7.07. The summed E-state index contributed by atoms with van der Waals surface area (Å²) in [5.41, 5.74) is 1.23. The summed E-state index contributed by atoms with van der Waals surface area (Å²) in [6.07, 6.45) is -4.40. The highest BCUT2D eigenvalue weighted by Gasteiger charge is 2.30. The predicted molar refractivity (Wildman–Crippen MR) is 132 cm³/mol. The molecule has 0 unspecified atom stereocenters. The summed E-state index contributed by atoms with van der Waals surface area (Å²) in [6.45, 7) is 3.55.